The largest absolute Gasteiger partial charge is 0.393 e. The van der Waals surface area contributed by atoms with Crippen LogP contribution < -0.4 is 16.0 Å². The van der Waals surface area contributed by atoms with E-state index in [9.17, 15) is 14.7 Å². The van der Waals surface area contributed by atoms with E-state index in [-0.39, 0.29) is 12.0 Å². The third kappa shape index (κ3) is 5.60. The van der Waals surface area contributed by atoms with Crippen LogP contribution in [0.4, 0.5) is 11.4 Å². The van der Waals surface area contributed by atoms with Crippen LogP contribution >= 0.6 is 0 Å². The van der Waals surface area contributed by atoms with Crippen LogP contribution in [-0.2, 0) is 9.59 Å². The minimum atomic E-state index is -0.183. The summed E-state index contributed by atoms with van der Waals surface area (Å²) in [4.78, 5) is 21.1. The van der Waals surface area contributed by atoms with E-state index in [1.54, 1.807) is 0 Å². The van der Waals surface area contributed by atoms with Gasteiger partial charge in [-0.25, -0.2) is 0 Å². The number of amides is 2. The molecule has 1 aliphatic heterocycles. The fourth-order valence-corrected chi connectivity index (χ4v) is 3.91. The molecule has 1 saturated heterocycles. The Morgan fingerprint density at radius 1 is 1.20 bits per heavy atom. The van der Waals surface area contributed by atoms with Gasteiger partial charge in [0, 0.05) is 24.6 Å². The quantitative estimate of drug-likeness (QED) is 0.559. The van der Waals surface area contributed by atoms with E-state index in [4.69, 9.17) is 4.52 Å². The van der Waals surface area contributed by atoms with Crippen molar-refractivity contribution in [1.29, 1.82) is 0 Å². The van der Waals surface area contributed by atoms with Crippen LogP contribution in [0.25, 0.3) is 11.1 Å². The van der Waals surface area contributed by atoms with E-state index in [1.807, 2.05) is 32.0 Å². The molecular weight excluding hydrogens is 384 g/mol. The molecule has 2 amide bonds. The Balaban J connectivity index is 0.000000367. The van der Waals surface area contributed by atoms with Crippen molar-refractivity contribution in [3.63, 3.8) is 0 Å². The number of anilines is 2. The predicted molar refractivity (Wildman–Crippen MR) is 115 cm³/mol. The summed E-state index contributed by atoms with van der Waals surface area (Å²) in [6.45, 7) is 4.67. The number of carbonyl (C=O) groups excluding carboxylic acids is 2. The van der Waals surface area contributed by atoms with Gasteiger partial charge in [0.2, 0.25) is 12.3 Å². The maximum atomic E-state index is 11.0. The van der Waals surface area contributed by atoms with Crippen molar-refractivity contribution < 1.29 is 19.2 Å². The van der Waals surface area contributed by atoms with Crippen LogP contribution in [0.15, 0.2) is 22.7 Å². The molecule has 0 unspecified atom stereocenters. The van der Waals surface area contributed by atoms with Gasteiger partial charge in [0.25, 0.3) is 0 Å². The van der Waals surface area contributed by atoms with Gasteiger partial charge in [-0.3, -0.25) is 9.59 Å². The van der Waals surface area contributed by atoms with E-state index in [0.717, 1.165) is 79.0 Å². The van der Waals surface area contributed by atoms with Crippen molar-refractivity contribution in [3.05, 3.63) is 29.7 Å². The van der Waals surface area contributed by atoms with Crippen molar-refractivity contribution in [2.45, 2.75) is 64.5 Å². The van der Waals surface area contributed by atoms with Crippen LogP contribution in [0.3, 0.4) is 0 Å². The number of aryl methyl sites for hydroxylation is 2. The smallest absolute Gasteiger partial charge is 0.220 e. The highest BCUT2D eigenvalue weighted by Crippen LogP contribution is 2.34. The second-order valence-electron chi connectivity index (χ2n) is 7.83. The Kier molecular flexibility index (Phi) is 7.46. The van der Waals surface area contributed by atoms with Crippen molar-refractivity contribution in [3.8, 4) is 11.1 Å². The molecule has 0 spiro atoms. The Labute approximate surface area is 176 Å². The van der Waals surface area contributed by atoms with Gasteiger partial charge >= 0.3 is 0 Å². The number of nitrogens with one attached hydrogen (secondary N) is 3. The lowest BCUT2D eigenvalue weighted by Crippen LogP contribution is -2.28. The van der Waals surface area contributed by atoms with Gasteiger partial charge in [-0.15, -0.1) is 0 Å². The number of hydrogen-bond acceptors (Lipinski definition) is 6. The van der Waals surface area contributed by atoms with Crippen molar-refractivity contribution in [2.24, 2.45) is 0 Å². The minimum Gasteiger partial charge on any atom is -0.393 e. The zero-order valence-corrected chi connectivity index (χ0v) is 17.5. The first-order chi connectivity index (χ1) is 14.5. The molecule has 8 heteroatoms. The third-order valence-electron chi connectivity index (χ3n) is 5.52. The second-order valence-corrected chi connectivity index (χ2v) is 7.83. The highest BCUT2D eigenvalue weighted by atomic mass is 16.5. The normalized spacial score (nSPS) is 20.7. The topological polar surface area (TPSA) is 116 Å². The Bertz CT molecular complexity index is 845. The number of hydrogen-bond donors (Lipinski definition) is 4. The average Bonchev–Trinajstić information content (AvgIpc) is 3.34. The van der Waals surface area contributed by atoms with Crippen LogP contribution in [-0.4, -0.2) is 41.3 Å². The molecule has 1 saturated carbocycles. The summed E-state index contributed by atoms with van der Waals surface area (Å²) in [5.41, 5.74) is 4.36. The number of aliphatic hydroxyl groups is 1. The Hall–Kier alpha value is -2.87. The fourth-order valence-electron chi connectivity index (χ4n) is 3.91. The summed E-state index contributed by atoms with van der Waals surface area (Å²) in [5.74, 6) is 0.960. The van der Waals surface area contributed by atoms with Crippen LogP contribution in [0.5, 0.6) is 0 Å². The first-order valence-electron chi connectivity index (χ1n) is 10.5. The summed E-state index contributed by atoms with van der Waals surface area (Å²) < 4.78 is 5.23. The van der Waals surface area contributed by atoms with Crippen LogP contribution in [0, 0.1) is 13.8 Å². The zero-order valence-electron chi connectivity index (χ0n) is 17.5. The van der Waals surface area contributed by atoms with Crippen LogP contribution in [0.2, 0.25) is 0 Å². The average molecular weight is 415 g/mol. The van der Waals surface area contributed by atoms with Gasteiger partial charge in [0.05, 0.1) is 23.2 Å². The number of aromatic nitrogens is 1. The summed E-state index contributed by atoms with van der Waals surface area (Å²) in [6, 6.07) is 6.21. The van der Waals surface area contributed by atoms with Crippen molar-refractivity contribution in [2.75, 3.05) is 17.2 Å². The van der Waals surface area contributed by atoms with Crippen LogP contribution in [0.1, 0.15) is 50.0 Å². The summed E-state index contributed by atoms with van der Waals surface area (Å²) >= 11 is 0. The maximum absolute atomic E-state index is 11.0. The molecule has 4 rings (SSSR count). The molecule has 0 bridgehead atoms. The van der Waals surface area contributed by atoms with Gasteiger partial charge in [0.1, 0.15) is 5.76 Å². The molecule has 2 heterocycles. The number of benzene rings is 1. The summed E-state index contributed by atoms with van der Waals surface area (Å²) in [5, 5.41) is 22.5. The van der Waals surface area contributed by atoms with E-state index < -0.39 is 0 Å². The van der Waals surface area contributed by atoms with Gasteiger partial charge in [0.15, 0.2) is 0 Å². The van der Waals surface area contributed by atoms with E-state index in [0.29, 0.717) is 12.5 Å². The Morgan fingerprint density at radius 3 is 2.50 bits per heavy atom. The molecule has 1 aromatic heterocycles. The molecule has 4 N–H and O–H groups in total. The molecule has 1 aliphatic carbocycles. The molecule has 2 aromatic rings. The number of rotatable bonds is 5. The maximum Gasteiger partial charge on any atom is 0.220 e. The van der Waals surface area contributed by atoms with E-state index in [2.05, 4.69) is 21.1 Å². The summed E-state index contributed by atoms with van der Waals surface area (Å²) in [6.07, 6.45) is 5.73. The predicted octanol–water partition coefficient (Wildman–Crippen LogP) is 3.14. The zero-order chi connectivity index (χ0) is 21.5. The van der Waals surface area contributed by atoms with Gasteiger partial charge in [-0.1, -0.05) is 11.2 Å². The molecule has 0 radical (unpaired) electrons. The lowest BCUT2D eigenvalue weighted by Gasteiger charge is -2.28. The first kappa shape index (κ1) is 21.8. The first-order valence-corrected chi connectivity index (χ1v) is 10.5. The lowest BCUT2D eigenvalue weighted by atomic mass is 9.93. The minimum absolute atomic E-state index is 0.183. The fraction of sp³-hybridized carbons (Fsp3) is 0.500. The molecule has 8 nitrogen and oxygen atoms in total. The molecule has 30 heavy (non-hydrogen) atoms. The summed E-state index contributed by atoms with van der Waals surface area (Å²) in [7, 11) is 0. The standard InChI is InChI=1S/C18H23N3O3.C4H7NO/c1-11-18(12(2)24-21-11)13-3-8-16(17(9-13)19-10-22)20-14-4-6-15(23)7-5-14;6-4-2-1-3-5-4/h3,8-10,14-15,20,23H,4-7H2,1-2H3,(H,19,22);1-3H2,(H,5,6). The molecule has 162 valence electrons. The molecule has 2 fully saturated rings. The number of nitrogens with zero attached hydrogens (tertiary/aromatic N) is 1. The van der Waals surface area contributed by atoms with Gasteiger partial charge in [-0.2, -0.15) is 0 Å². The molecular formula is C22H30N4O4. The van der Waals surface area contributed by atoms with Crippen molar-refractivity contribution >= 4 is 23.7 Å². The monoisotopic (exact) mass is 414 g/mol. The second kappa shape index (κ2) is 10.2. The van der Waals surface area contributed by atoms with Crippen molar-refractivity contribution in [1.82, 2.24) is 10.5 Å². The van der Waals surface area contributed by atoms with Gasteiger partial charge < -0.3 is 25.6 Å². The van der Waals surface area contributed by atoms with E-state index >= 15 is 0 Å². The Morgan fingerprint density at radius 2 is 1.97 bits per heavy atom. The highest BCUT2D eigenvalue weighted by Gasteiger charge is 2.20. The van der Waals surface area contributed by atoms with E-state index in [1.165, 1.54) is 0 Å². The number of carbonyl (C=O) groups is 2. The molecule has 2 aliphatic rings. The molecule has 1 aromatic carbocycles. The lowest BCUT2D eigenvalue weighted by molar-refractivity contribution is -0.119. The van der Waals surface area contributed by atoms with Gasteiger partial charge in [-0.05, 0) is 63.6 Å². The third-order valence-corrected chi connectivity index (χ3v) is 5.52. The molecule has 0 atom stereocenters. The SMILES string of the molecule is Cc1noc(C)c1-c1ccc(NC2CCC(O)CC2)c(NC=O)c1.O=C1CCCN1. The number of aliphatic hydroxyl groups excluding tert-OH is 1. The highest BCUT2D eigenvalue weighted by molar-refractivity contribution is 5.85.